The first-order valence-electron chi connectivity index (χ1n) is 46.7. The number of hydrogen-bond donors (Lipinski definition) is 2. The second-order valence-corrected chi connectivity index (χ2v) is 42.5. The number of carbonyl (C=O) groups excluding carboxylic acids is 4. The van der Waals surface area contributed by atoms with Crippen LogP contribution in [0.2, 0.25) is 0 Å². The number of rotatable bonds is 30. The van der Waals surface area contributed by atoms with Crippen LogP contribution in [0.1, 0.15) is 206 Å². The van der Waals surface area contributed by atoms with Crippen molar-refractivity contribution in [3.63, 3.8) is 0 Å². The van der Waals surface area contributed by atoms with Gasteiger partial charge in [-0.25, -0.2) is 43.2 Å². The molecule has 30 nitrogen and oxygen atoms in total. The van der Waals surface area contributed by atoms with Gasteiger partial charge in [0.15, 0.2) is 42.8 Å². The molecule has 139 heavy (non-hydrogen) atoms. The number of hydrogen-bond acceptors (Lipinski definition) is 26. The Kier molecular flexibility index (Phi) is 31.1. The van der Waals surface area contributed by atoms with E-state index in [4.69, 9.17) is 58.3 Å². The maximum absolute atomic E-state index is 14.9. The maximum Gasteiger partial charge on any atom is 0.235 e. The number of aliphatic hydroxyl groups excluding tert-OH is 2. The van der Waals surface area contributed by atoms with Gasteiger partial charge in [-0.2, -0.15) is 20.4 Å². The first-order chi connectivity index (χ1) is 66.1. The van der Waals surface area contributed by atoms with E-state index in [0.717, 1.165) is 22.2 Å². The fourth-order valence-corrected chi connectivity index (χ4v) is 23.6. The summed E-state index contributed by atoms with van der Waals surface area (Å²) in [5.74, 6) is 0.795. The molecule has 38 heteroatoms. The van der Waals surface area contributed by atoms with Crippen molar-refractivity contribution in [2.75, 3.05) is 82.5 Å². The van der Waals surface area contributed by atoms with E-state index in [2.05, 4.69) is 19.9 Å². The van der Waals surface area contributed by atoms with Crippen LogP contribution in [0, 0.1) is 21.7 Å². The third kappa shape index (κ3) is 23.7. The van der Waals surface area contributed by atoms with E-state index in [9.17, 15) is 72.6 Å². The number of pyridine rings is 4. The van der Waals surface area contributed by atoms with Crippen molar-refractivity contribution in [1.29, 1.82) is 0 Å². The molecule has 4 aromatic carbocycles. The molecule has 0 spiro atoms. The molecule has 6 fully saturated rings. The van der Waals surface area contributed by atoms with E-state index in [1.165, 1.54) is 40.1 Å². The van der Waals surface area contributed by atoms with Crippen LogP contribution in [-0.4, -0.2) is 236 Å². The molecular weight excluding hydrogens is 1850 g/mol. The van der Waals surface area contributed by atoms with E-state index in [-0.39, 0.29) is 104 Å². The van der Waals surface area contributed by atoms with Crippen molar-refractivity contribution in [2.24, 2.45) is 21.7 Å². The topological polar surface area (TPSA) is 374 Å². The largest absolute Gasteiger partial charge is 0.461 e. The van der Waals surface area contributed by atoms with Gasteiger partial charge < -0.3 is 48.1 Å². The molecular formula is C101H116F6N12O18S2. The molecule has 12 aromatic rings. The Balaban J connectivity index is 0.000000140. The molecule has 18 rings (SSSR count). The number of aromatic nitrogens is 12. The van der Waals surface area contributed by atoms with E-state index in [1.54, 1.807) is 140 Å². The minimum absolute atomic E-state index is 0.0228. The fraction of sp³-hybridized carbons (Fsp3) is 0.485. The normalized spacial score (nSPS) is 20.6. The summed E-state index contributed by atoms with van der Waals surface area (Å²) in [7, 11) is -6.17. The smallest absolute Gasteiger partial charge is 0.235 e. The standard InChI is InChI=1S/C26H32FN3O4.2C25H27F2N3O5S.C25H30FN3O4/c1-16(2)30-22-13-20(23(32)14-26(17(3)31)8-10-33-11-9-26)15-28-25(22)24(29-30)19-6-5-7-21(12-19)34-18(4)27;2*1-15(26)35-18-5-3-4-16(8-18)23-24-21(30(29-23)20-6-7-34-12-19(20)27)9-17(11-28-24)22(31)10-25(2)13-36(32,33)14-25;1-16(2)29-21-12-19(22(31)13-25(15-30)7-9-32-10-8-25)14-27-24(21)23(28-29)18-5-4-6-20(11-18)33-17(3)26/h5-7,12-13,15-18,31H,8-11,14H2,1-4H3;2*3-5,8-9,11,15,19-20H,6-7,10,12-14H2,1-2H3;4-6,11-12,14,16-17,30H,7-10,13,15H2,1-3H3/t17-,18?;2*15?,19-,20?;/m110./s1. The lowest BCUT2D eigenvalue weighted by atomic mass is 9.71. The molecule has 9 atom stereocenters. The number of sulfone groups is 2. The van der Waals surface area contributed by atoms with Crippen LogP contribution in [0.4, 0.5) is 26.3 Å². The average molecular weight is 1960 g/mol. The first kappa shape index (κ1) is 102. The summed E-state index contributed by atoms with van der Waals surface area (Å²) in [6.45, 7) is 21.4. The number of benzene rings is 4. The van der Waals surface area contributed by atoms with Crippen LogP contribution in [0.5, 0.6) is 23.0 Å². The summed E-state index contributed by atoms with van der Waals surface area (Å²) in [6, 6.07) is 33.5. The van der Waals surface area contributed by atoms with Gasteiger partial charge in [-0.3, -0.25) is 57.8 Å². The fourth-order valence-electron chi connectivity index (χ4n) is 19.1. The Labute approximate surface area is 801 Å². The number of fused-ring (bicyclic) bond motifs is 4. The molecule has 0 amide bonds. The maximum atomic E-state index is 14.9. The third-order valence-electron chi connectivity index (χ3n) is 26.0. The predicted octanol–water partition coefficient (Wildman–Crippen LogP) is 18.1. The minimum Gasteiger partial charge on any atom is -0.461 e. The van der Waals surface area contributed by atoms with Gasteiger partial charge in [0.25, 0.3) is 0 Å². The average Bonchev–Trinajstić information content (AvgIpc) is 1.23. The molecule has 6 aliphatic rings. The van der Waals surface area contributed by atoms with Gasteiger partial charge >= 0.3 is 0 Å². The van der Waals surface area contributed by atoms with Gasteiger partial charge in [0.1, 0.15) is 80.2 Å². The molecule has 0 aliphatic carbocycles. The minimum atomic E-state index is -3.09. The lowest BCUT2D eigenvalue weighted by Gasteiger charge is -2.39. The quantitative estimate of drug-likeness (QED) is 0.0312. The zero-order chi connectivity index (χ0) is 99.4. The summed E-state index contributed by atoms with van der Waals surface area (Å²) in [5, 5.41) is 39.3. The summed E-state index contributed by atoms with van der Waals surface area (Å²) in [6.07, 6.45) is 1.07. The molecule has 0 bridgehead atoms. The summed E-state index contributed by atoms with van der Waals surface area (Å²) >= 11 is 0. The van der Waals surface area contributed by atoms with Gasteiger partial charge in [0, 0.05) is 203 Å². The highest BCUT2D eigenvalue weighted by Crippen LogP contribution is 2.45. The molecule has 6 unspecified atom stereocenters. The molecule has 742 valence electrons. The van der Waals surface area contributed by atoms with Gasteiger partial charge in [-0.15, -0.1) is 0 Å². The van der Waals surface area contributed by atoms with Crippen LogP contribution in [0.25, 0.3) is 89.2 Å². The SMILES string of the molecule is CC(F)Oc1cccc(-c2nn(C(C)C)c3cc(C(=O)CC4(CO)CCOCC4)cnc23)c1.CC(F)Oc1cccc(-c2nn(C(C)C)c3cc(C(=O)CC4([C@@H](C)O)CCOCC4)cnc23)c1.CC(F)Oc1cccc(-c2nn(C3CCOC[C@@H]3F)c3cc(C(=O)CC4(C)CS(=O)(=O)C4)cnc23)c1.CC(F)Oc1cccc(-c2nn(C3CCOC[C@H]3F)c3cc(C(=O)CC4(C)CS(=O)(=O)C4)cnc23)c1. The van der Waals surface area contributed by atoms with Crippen LogP contribution < -0.4 is 18.9 Å². The molecule has 8 aromatic heterocycles. The zero-order valence-corrected chi connectivity index (χ0v) is 81.0. The number of Topliss-reactive ketones (excluding diaryl/α,β-unsaturated/α-hetero) is 4. The van der Waals surface area contributed by atoms with Crippen molar-refractivity contribution < 1.29 is 110 Å². The first-order valence-corrected chi connectivity index (χ1v) is 50.3. The van der Waals surface area contributed by atoms with E-state index in [1.807, 2.05) is 61.3 Å². The number of nitrogens with zero attached hydrogens (tertiary/aromatic N) is 12. The zero-order valence-electron chi connectivity index (χ0n) is 79.3. The summed E-state index contributed by atoms with van der Waals surface area (Å²) in [4.78, 5) is 70.9. The van der Waals surface area contributed by atoms with Crippen molar-refractivity contribution >= 4 is 86.9 Å². The Morgan fingerprint density at radius 3 is 1.02 bits per heavy atom. The predicted molar refractivity (Wildman–Crippen MR) is 509 cm³/mol. The van der Waals surface area contributed by atoms with Crippen molar-refractivity contribution in [1.82, 2.24) is 59.1 Å². The van der Waals surface area contributed by atoms with Gasteiger partial charge in [0.05, 0.1) is 76.5 Å². The highest BCUT2D eigenvalue weighted by atomic mass is 32.2. The molecule has 6 saturated heterocycles. The number of carbonyl (C=O) groups is 4. The second kappa shape index (κ2) is 42.5. The number of ketones is 4. The van der Waals surface area contributed by atoms with Gasteiger partial charge in [0.2, 0.25) is 25.4 Å². The van der Waals surface area contributed by atoms with Crippen molar-refractivity contribution in [2.45, 2.75) is 208 Å². The number of halogens is 6. The second-order valence-electron chi connectivity index (χ2n) is 38.4. The molecule has 0 saturated carbocycles. The van der Waals surface area contributed by atoms with Crippen molar-refractivity contribution in [3.05, 3.63) is 168 Å². The lowest BCUT2D eigenvalue weighted by Crippen LogP contribution is -2.47. The van der Waals surface area contributed by atoms with Crippen molar-refractivity contribution in [3.8, 4) is 68.0 Å². The van der Waals surface area contributed by atoms with Crippen LogP contribution in [-0.2, 0) is 38.6 Å². The monoisotopic (exact) mass is 1960 g/mol. The number of ether oxygens (including phenoxy) is 8. The number of alkyl halides is 6. The summed E-state index contributed by atoms with van der Waals surface area (Å²) in [5.41, 5.74) is 9.14. The van der Waals surface area contributed by atoms with E-state index >= 15 is 0 Å². The van der Waals surface area contributed by atoms with E-state index < -0.39 is 97.3 Å². The van der Waals surface area contributed by atoms with Gasteiger partial charge in [-0.1, -0.05) is 62.4 Å². The Hall–Kier alpha value is -11.5. The number of aliphatic hydroxyl groups is 2. The van der Waals surface area contributed by atoms with Crippen LogP contribution >= 0.6 is 0 Å². The van der Waals surface area contributed by atoms with Crippen LogP contribution in [0.3, 0.4) is 0 Å². The van der Waals surface area contributed by atoms with Gasteiger partial charge in [-0.05, 0) is 146 Å². The van der Waals surface area contributed by atoms with Crippen LogP contribution in [0.15, 0.2) is 146 Å². The Morgan fingerprint density at radius 1 is 0.417 bits per heavy atom. The summed E-state index contributed by atoms with van der Waals surface area (Å²) < 4.78 is 179. The molecule has 14 heterocycles. The van der Waals surface area contributed by atoms with E-state index in [0.29, 0.717) is 190 Å². The Morgan fingerprint density at radius 2 is 0.719 bits per heavy atom. The highest BCUT2D eigenvalue weighted by molar-refractivity contribution is 7.93. The lowest BCUT2D eigenvalue weighted by molar-refractivity contribution is -0.0542. The molecule has 0 radical (unpaired) electrons. The third-order valence-corrected chi connectivity index (χ3v) is 30.5. The molecule has 2 N–H and O–H groups in total. The highest BCUT2D eigenvalue weighted by Gasteiger charge is 2.48. The molecule has 6 aliphatic heterocycles. The Bertz CT molecular complexity index is 6490.